The van der Waals surface area contributed by atoms with Gasteiger partial charge in [-0.2, -0.15) is 0 Å². The van der Waals surface area contributed by atoms with Crippen molar-refractivity contribution in [1.29, 1.82) is 0 Å². The van der Waals surface area contributed by atoms with E-state index in [9.17, 15) is 9.59 Å². The van der Waals surface area contributed by atoms with Crippen LogP contribution in [0.25, 0.3) is 0 Å². The Hall–Kier alpha value is -2.11. The number of amides is 2. The Morgan fingerprint density at radius 2 is 1.75 bits per heavy atom. The lowest BCUT2D eigenvalue weighted by Gasteiger charge is -2.16. The highest BCUT2D eigenvalue weighted by atomic mass is 16.5. The molecule has 20 heavy (non-hydrogen) atoms. The molecule has 1 aliphatic carbocycles. The van der Waals surface area contributed by atoms with Gasteiger partial charge >= 0.3 is 0 Å². The third-order valence-corrected chi connectivity index (χ3v) is 2.95. The number of aromatic nitrogens is 1. The number of rotatable bonds is 4. The fraction of sp³-hybridized carbons (Fsp3) is 0.500. The Labute approximate surface area is 118 Å². The molecule has 0 N–H and O–H groups in total. The van der Waals surface area contributed by atoms with Gasteiger partial charge in [-0.1, -0.05) is 0 Å². The predicted molar refractivity (Wildman–Crippen MR) is 73.9 cm³/mol. The maximum Gasteiger partial charge on any atom is 0.271 e. The highest BCUT2D eigenvalue weighted by Crippen LogP contribution is 2.29. The summed E-state index contributed by atoms with van der Waals surface area (Å²) in [6.45, 7) is 0. The van der Waals surface area contributed by atoms with Gasteiger partial charge in [0, 0.05) is 28.2 Å². The molecule has 108 valence electrons. The van der Waals surface area contributed by atoms with E-state index in [1.165, 1.54) is 22.1 Å². The second-order valence-electron chi connectivity index (χ2n) is 5.28. The van der Waals surface area contributed by atoms with Gasteiger partial charge in [0.05, 0.1) is 17.9 Å². The fourth-order valence-corrected chi connectivity index (χ4v) is 1.66. The minimum atomic E-state index is -0.240. The van der Waals surface area contributed by atoms with Gasteiger partial charge in [-0.05, 0) is 18.9 Å². The van der Waals surface area contributed by atoms with Crippen LogP contribution in [0.15, 0.2) is 12.3 Å². The molecule has 6 heteroatoms. The molecule has 0 spiro atoms. The van der Waals surface area contributed by atoms with Crippen LogP contribution in [-0.2, 0) is 0 Å². The lowest BCUT2D eigenvalue weighted by atomic mass is 10.1. The third kappa shape index (κ3) is 3.07. The van der Waals surface area contributed by atoms with Gasteiger partial charge in [-0.3, -0.25) is 9.59 Å². The molecule has 1 aromatic heterocycles. The molecule has 1 heterocycles. The molecule has 1 saturated carbocycles. The first-order chi connectivity index (χ1) is 9.40. The van der Waals surface area contributed by atoms with Gasteiger partial charge in [0.25, 0.3) is 11.8 Å². The van der Waals surface area contributed by atoms with Crippen molar-refractivity contribution >= 4 is 11.8 Å². The molecule has 0 radical (unpaired) electrons. The van der Waals surface area contributed by atoms with Crippen molar-refractivity contribution in [2.45, 2.75) is 18.9 Å². The fourth-order valence-electron chi connectivity index (χ4n) is 1.66. The van der Waals surface area contributed by atoms with Gasteiger partial charge in [0.2, 0.25) is 0 Å². The summed E-state index contributed by atoms with van der Waals surface area (Å²) < 4.78 is 5.69. The quantitative estimate of drug-likeness (QED) is 0.824. The van der Waals surface area contributed by atoms with Gasteiger partial charge in [0.15, 0.2) is 5.75 Å². The maximum atomic E-state index is 12.2. The summed E-state index contributed by atoms with van der Waals surface area (Å²) in [5.74, 6) is 0.00754. The van der Waals surface area contributed by atoms with Gasteiger partial charge in [-0.15, -0.1) is 0 Å². The predicted octanol–water partition coefficient (Wildman–Crippen LogP) is 1.03. The van der Waals surface area contributed by atoms with Crippen molar-refractivity contribution in [2.24, 2.45) is 0 Å². The number of hydrogen-bond acceptors (Lipinski definition) is 4. The molecule has 0 aliphatic heterocycles. The highest BCUT2D eigenvalue weighted by molar-refractivity contribution is 6.00. The van der Waals surface area contributed by atoms with Crippen molar-refractivity contribution < 1.29 is 14.3 Å². The first-order valence-electron chi connectivity index (χ1n) is 6.50. The molecule has 1 aliphatic rings. The first kappa shape index (κ1) is 14.3. The monoisotopic (exact) mass is 277 g/mol. The van der Waals surface area contributed by atoms with E-state index in [0.717, 1.165) is 12.8 Å². The zero-order valence-electron chi connectivity index (χ0n) is 12.2. The first-order valence-corrected chi connectivity index (χ1v) is 6.50. The van der Waals surface area contributed by atoms with Crippen LogP contribution in [-0.4, -0.2) is 60.9 Å². The van der Waals surface area contributed by atoms with E-state index in [1.54, 1.807) is 28.2 Å². The van der Waals surface area contributed by atoms with Crippen LogP contribution in [0.4, 0.5) is 0 Å². The molecule has 2 amide bonds. The van der Waals surface area contributed by atoms with Gasteiger partial charge in [-0.25, -0.2) is 4.98 Å². The zero-order chi connectivity index (χ0) is 14.9. The normalized spacial score (nSPS) is 13.8. The Morgan fingerprint density at radius 1 is 1.15 bits per heavy atom. The molecule has 1 fully saturated rings. The van der Waals surface area contributed by atoms with E-state index >= 15 is 0 Å². The summed E-state index contributed by atoms with van der Waals surface area (Å²) in [4.78, 5) is 31.1. The molecular weight excluding hydrogens is 258 g/mol. The van der Waals surface area contributed by atoms with E-state index < -0.39 is 0 Å². The van der Waals surface area contributed by atoms with Crippen LogP contribution in [0.3, 0.4) is 0 Å². The average molecular weight is 277 g/mol. The number of nitrogens with zero attached hydrogens (tertiary/aromatic N) is 3. The van der Waals surface area contributed by atoms with E-state index in [1.807, 2.05) is 0 Å². The second-order valence-corrected chi connectivity index (χ2v) is 5.28. The summed E-state index contributed by atoms with van der Waals surface area (Å²) in [5.41, 5.74) is 0.616. The van der Waals surface area contributed by atoms with E-state index in [-0.39, 0.29) is 23.6 Å². The summed E-state index contributed by atoms with van der Waals surface area (Å²) in [7, 11) is 6.62. The maximum absolute atomic E-state index is 12.2. The summed E-state index contributed by atoms with van der Waals surface area (Å²) in [5, 5.41) is 0. The van der Waals surface area contributed by atoms with Crippen molar-refractivity contribution in [3.8, 4) is 5.75 Å². The van der Waals surface area contributed by atoms with Gasteiger partial charge < -0.3 is 14.5 Å². The van der Waals surface area contributed by atoms with E-state index in [2.05, 4.69) is 4.98 Å². The highest BCUT2D eigenvalue weighted by Gasteiger charge is 2.27. The Bertz CT molecular complexity index is 536. The zero-order valence-corrected chi connectivity index (χ0v) is 12.2. The smallest absolute Gasteiger partial charge is 0.271 e. The third-order valence-electron chi connectivity index (χ3n) is 2.95. The molecular formula is C14H19N3O3. The van der Waals surface area contributed by atoms with Crippen molar-refractivity contribution in [3.63, 3.8) is 0 Å². The Kier molecular flexibility index (Phi) is 3.92. The summed E-state index contributed by atoms with van der Waals surface area (Å²) in [6, 6.07) is 1.50. The molecule has 0 bridgehead atoms. The van der Waals surface area contributed by atoms with Crippen molar-refractivity contribution in [2.75, 3.05) is 28.2 Å². The number of carbonyl (C=O) groups excluding carboxylic acids is 2. The second kappa shape index (κ2) is 5.48. The van der Waals surface area contributed by atoms with E-state index in [0.29, 0.717) is 11.3 Å². The Morgan fingerprint density at radius 3 is 2.25 bits per heavy atom. The lowest BCUT2D eigenvalue weighted by Crippen LogP contribution is -2.26. The van der Waals surface area contributed by atoms with Crippen molar-refractivity contribution in [1.82, 2.24) is 14.8 Å². The lowest BCUT2D eigenvalue weighted by molar-refractivity contribution is 0.0819. The average Bonchev–Trinajstić information content (AvgIpc) is 3.21. The molecule has 0 unspecified atom stereocenters. The van der Waals surface area contributed by atoms with Crippen LogP contribution in [0.2, 0.25) is 0 Å². The minimum Gasteiger partial charge on any atom is -0.488 e. The number of ether oxygens (including phenoxy) is 1. The van der Waals surface area contributed by atoms with Crippen LogP contribution in [0.1, 0.15) is 33.7 Å². The van der Waals surface area contributed by atoms with Crippen LogP contribution >= 0.6 is 0 Å². The minimum absolute atomic E-state index is 0.168. The summed E-state index contributed by atoms with van der Waals surface area (Å²) >= 11 is 0. The van der Waals surface area contributed by atoms with Gasteiger partial charge in [0.1, 0.15) is 5.69 Å². The summed E-state index contributed by atoms with van der Waals surface area (Å²) in [6.07, 6.45) is 3.62. The largest absolute Gasteiger partial charge is 0.488 e. The number of pyridine rings is 1. The number of carbonyl (C=O) groups is 2. The van der Waals surface area contributed by atoms with E-state index in [4.69, 9.17) is 4.74 Å². The SMILES string of the molecule is CN(C)C(=O)c1cc(C(=O)N(C)C)c(OC2CC2)cn1. The standard InChI is InChI=1S/C14H19N3O3/c1-16(2)13(18)10-7-11(14(19)17(3)4)15-8-12(10)20-9-5-6-9/h7-9H,5-6H2,1-4H3. The number of hydrogen-bond donors (Lipinski definition) is 0. The van der Waals surface area contributed by atoms with Crippen LogP contribution < -0.4 is 4.74 Å². The van der Waals surface area contributed by atoms with Crippen LogP contribution in [0.5, 0.6) is 5.75 Å². The van der Waals surface area contributed by atoms with Crippen molar-refractivity contribution in [3.05, 3.63) is 23.5 Å². The topological polar surface area (TPSA) is 62.7 Å². The molecule has 2 rings (SSSR count). The Balaban J connectivity index is 2.37. The molecule has 0 saturated heterocycles. The molecule has 1 aromatic rings. The van der Waals surface area contributed by atoms with Crippen LogP contribution in [0, 0.1) is 0 Å². The molecule has 0 aromatic carbocycles. The molecule has 0 atom stereocenters. The molecule has 6 nitrogen and oxygen atoms in total.